The average Bonchev–Trinajstić information content (AvgIpc) is 2.51. The molecular weight excluding hydrogens is 296 g/mol. The number of hydrogen-bond acceptors (Lipinski definition) is 4. The maximum Gasteiger partial charge on any atom is 0.353 e. The molecule has 0 aromatic carbocycles. The highest BCUT2D eigenvalue weighted by Gasteiger charge is 2.38. The van der Waals surface area contributed by atoms with Crippen LogP contribution in [0.2, 0.25) is 0 Å². The molecule has 0 bridgehead atoms. The van der Waals surface area contributed by atoms with E-state index in [1.807, 2.05) is 6.08 Å². The molecule has 0 aromatic heterocycles. The van der Waals surface area contributed by atoms with Gasteiger partial charge in [-0.15, -0.1) is 6.58 Å². The van der Waals surface area contributed by atoms with Crippen molar-refractivity contribution in [2.45, 2.75) is 64.0 Å². The fourth-order valence-corrected chi connectivity index (χ4v) is 3.04. The van der Waals surface area contributed by atoms with Gasteiger partial charge in [-0.2, -0.15) is 5.06 Å². The van der Waals surface area contributed by atoms with Crippen LogP contribution >= 0.6 is 0 Å². The van der Waals surface area contributed by atoms with Crippen molar-refractivity contribution in [3.63, 3.8) is 0 Å². The van der Waals surface area contributed by atoms with Gasteiger partial charge >= 0.3 is 12.0 Å². The monoisotopic (exact) mass is 324 g/mol. The van der Waals surface area contributed by atoms with Crippen LogP contribution in [0, 0.1) is 0 Å². The second-order valence-electron chi connectivity index (χ2n) is 6.31. The minimum absolute atomic E-state index is 0.00714. The molecule has 0 unspecified atom stereocenters. The lowest BCUT2D eigenvalue weighted by molar-refractivity contribution is -0.189. The third kappa shape index (κ3) is 5.23. The fourth-order valence-electron chi connectivity index (χ4n) is 3.04. The summed E-state index contributed by atoms with van der Waals surface area (Å²) in [7, 11) is 0. The van der Waals surface area contributed by atoms with E-state index in [1.54, 1.807) is 4.90 Å². The summed E-state index contributed by atoms with van der Waals surface area (Å²) >= 11 is 0. The maximum atomic E-state index is 12.6. The summed E-state index contributed by atoms with van der Waals surface area (Å²) in [5.74, 6) is -0.443. The molecule has 1 aliphatic heterocycles. The van der Waals surface area contributed by atoms with Crippen LogP contribution in [0.4, 0.5) is 4.79 Å². The predicted octanol–water partition coefficient (Wildman–Crippen LogP) is 2.89. The number of allylic oxidation sites excluding steroid dienone is 1. The van der Waals surface area contributed by atoms with E-state index in [1.165, 1.54) is 18.4 Å². The number of hydrogen-bond donors (Lipinski definition) is 0. The van der Waals surface area contributed by atoms with E-state index in [0.717, 1.165) is 38.5 Å². The van der Waals surface area contributed by atoms with E-state index in [-0.39, 0.29) is 18.2 Å². The second kappa shape index (κ2) is 8.91. The van der Waals surface area contributed by atoms with Crippen LogP contribution in [0.5, 0.6) is 0 Å². The standard InChI is InChI=1S/C17H28N2O4/c1-3-4-8-11-22-16-12-18(13-16)17(21)19(23-14(2)20)15-9-6-5-7-10-15/h3,15-16H,1,4-13H2,2H3. The predicted molar refractivity (Wildman–Crippen MR) is 86.6 cm³/mol. The van der Waals surface area contributed by atoms with Crippen LogP contribution in [-0.2, 0) is 14.4 Å². The third-order valence-electron chi connectivity index (χ3n) is 4.35. The van der Waals surface area contributed by atoms with Gasteiger partial charge < -0.3 is 14.5 Å². The molecule has 0 spiro atoms. The second-order valence-corrected chi connectivity index (χ2v) is 6.31. The SMILES string of the molecule is C=CCCCOC1CN(C(=O)N(OC(C)=O)C2CCCCC2)C1. The highest BCUT2D eigenvalue weighted by molar-refractivity contribution is 5.77. The van der Waals surface area contributed by atoms with E-state index >= 15 is 0 Å². The highest BCUT2D eigenvalue weighted by Crippen LogP contribution is 2.25. The van der Waals surface area contributed by atoms with Crippen LogP contribution in [-0.4, -0.2) is 53.8 Å². The lowest BCUT2D eigenvalue weighted by atomic mass is 9.95. The molecule has 2 amide bonds. The van der Waals surface area contributed by atoms with E-state index in [2.05, 4.69) is 6.58 Å². The molecule has 0 radical (unpaired) electrons. The van der Waals surface area contributed by atoms with Crippen molar-refractivity contribution in [1.82, 2.24) is 9.96 Å². The van der Waals surface area contributed by atoms with Crippen LogP contribution in [0.1, 0.15) is 51.9 Å². The molecule has 0 N–H and O–H groups in total. The molecule has 2 fully saturated rings. The fraction of sp³-hybridized carbons (Fsp3) is 0.765. The lowest BCUT2D eigenvalue weighted by Gasteiger charge is -2.42. The first-order chi connectivity index (χ1) is 11.1. The number of unbranched alkanes of at least 4 members (excludes halogenated alkanes) is 1. The summed E-state index contributed by atoms with van der Waals surface area (Å²) in [5.41, 5.74) is 0. The number of urea groups is 1. The Morgan fingerprint density at radius 2 is 1.96 bits per heavy atom. The van der Waals surface area contributed by atoms with Crippen molar-refractivity contribution in [3.8, 4) is 0 Å². The number of ether oxygens (including phenoxy) is 1. The first-order valence-corrected chi connectivity index (χ1v) is 8.61. The van der Waals surface area contributed by atoms with Crippen LogP contribution in [0.15, 0.2) is 12.7 Å². The van der Waals surface area contributed by atoms with Gasteiger partial charge in [0.25, 0.3) is 0 Å². The van der Waals surface area contributed by atoms with Gasteiger partial charge in [0, 0.05) is 13.5 Å². The van der Waals surface area contributed by atoms with Crippen molar-refractivity contribution in [1.29, 1.82) is 0 Å². The minimum atomic E-state index is -0.443. The van der Waals surface area contributed by atoms with Gasteiger partial charge in [-0.1, -0.05) is 25.3 Å². The Bertz CT molecular complexity index is 415. The Morgan fingerprint density at radius 3 is 2.57 bits per heavy atom. The van der Waals surface area contributed by atoms with Crippen molar-refractivity contribution >= 4 is 12.0 Å². The average molecular weight is 324 g/mol. The van der Waals surface area contributed by atoms with E-state index in [0.29, 0.717) is 19.7 Å². The summed E-state index contributed by atoms with van der Waals surface area (Å²) in [6.07, 6.45) is 8.99. The zero-order valence-corrected chi connectivity index (χ0v) is 14.0. The van der Waals surface area contributed by atoms with Crippen LogP contribution in [0.3, 0.4) is 0 Å². The number of amides is 2. The molecule has 0 aromatic rings. The molecule has 0 atom stereocenters. The first kappa shape index (κ1) is 17.8. The van der Waals surface area contributed by atoms with Crippen LogP contribution in [0.25, 0.3) is 0 Å². The molecular formula is C17H28N2O4. The van der Waals surface area contributed by atoms with Gasteiger partial charge in [0.05, 0.1) is 25.2 Å². The Morgan fingerprint density at radius 1 is 1.26 bits per heavy atom. The summed E-state index contributed by atoms with van der Waals surface area (Å²) in [6.45, 7) is 6.84. The van der Waals surface area contributed by atoms with Gasteiger partial charge in [0.15, 0.2) is 0 Å². The molecule has 1 aliphatic carbocycles. The lowest BCUT2D eigenvalue weighted by Crippen LogP contribution is -2.60. The Labute approximate surface area is 138 Å². The van der Waals surface area contributed by atoms with Crippen LogP contribution < -0.4 is 0 Å². The largest absolute Gasteiger partial charge is 0.375 e. The topological polar surface area (TPSA) is 59.1 Å². The first-order valence-electron chi connectivity index (χ1n) is 8.61. The number of rotatable bonds is 6. The number of carbonyl (C=O) groups excluding carboxylic acids is 2. The molecule has 2 aliphatic rings. The van der Waals surface area contributed by atoms with Gasteiger partial charge in [0.2, 0.25) is 0 Å². The number of carbonyl (C=O) groups is 2. The molecule has 23 heavy (non-hydrogen) atoms. The molecule has 6 nitrogen and oxygen atoms in total. The number of nitrogens with zero attached hydrogens (tertiary/aromatic N) is 2. The zero-order chi connectivity index (χ0) is 16.7. The quantitative estimate of drug-likeness (QED) is 0.428. The molecule has 1 saturated carbocycles. The van der Waals surface area contributed by atoms with Crippen molar-refractivity contribution in [2.24, 2.45) is 0 Å². The Balaban J connectivity index is 1.79. The number of hydroxylamine groups is 2. The zero-order valence-electron chi connectivity index (χ0n) is 14.0. The molecule has 6 heteroatoms. The summed E-state index contributed by atoms with van der Waals surface area (Å²) in [5, 5.41) is 1.30. The normalized spacial score (nSPS) is 19.1. The summed E-state index contributed by atoms with van der Waals surface area (Å²) in [4.78, 5) is 30.8. The smallest absolute Gasteiger partial charge is 0.353 e. The molecule has 130 valence electrons. The molecule has 1 heterocycles. The van der Waals surface area contributed by atoms with E-state index in [9.17, 15) is 9.59 Å². The van der Waals surface area contributed by atoms with E-state index < -0.39 is 5.97 Å². The van der Waals surface area contributed by atoms with Gasteiger partial charge in [-0.05, 0) is 25.7 Å². The molecule has 2 rings (SSSR count). The van der Waals surface area contributed by atoms with E-state index in [4.69, 9.17) is 9.57 Å². The van der Waals surface area contributed by atoms with Gasteiger partial charge in [-0.3, -0.25) is 4.79 Å². The van der Waals surface area contributed by atoms with Crippen molar-refractivity contribution in [2.75, 3.05) is 19.7 Å². The molecule has 1 saturated heterocycles. The third-order valence-corrected chi connectivity index (χ3v) is 4.35. The Kier molecular flexibility index (Phi) is 6.89. The van der Waals surface area contributed by atoms with Gasteiger partial charge in [-0.25, -0.2) is 4.79 Å². The summed E-state index contributed by atoms with van der Waals surface area (Å²) in [6, 6.07) is -0.203. The van der Waals surface area contributed by atoms with Crippen molar-refractivity contribution in [3.05, 3.63) is 12.7 Å². The minimum Gasteiger partial charge on any atom is -0.375 e. The summed E-state index contributed by atoms with van der Waals surface area (Å²) < 4.78 is 5.70. The highest BCUT2D eigenvalue weighted by atomic mass is 16.7. The van der Waals surface area contributed by atoms with Gasteiger partial charge in [0.1, 0.15) is 0 Å². The Hall–Kier alpha value is -1.56. The number of likely N-dealkylation sites (tertiary alicyclic amines) is 1. The maximum absolute atomic E-state index is 12.6. The van der Waals surface area contributed by atoms with Crippen molar-refractivity contribution < 1.29 is 19.2 Å².